The number of rotatable bonds is 1. The Morgan fingerprint density at radius 1 is 1.17 bits per heavy atom. The van der Waals surface area contributed by atoms with Crippen LogP contribution >= 0.6 is 59.1 Å². The molecule has 8 heteroatoms. The largest absolute Gasteiger partial charge is 0.241 e. The smallest absolute Gasteiger partial charge is 0.225 e. The maximum Gasteiger partial charge on any atom is 0.241 e. The highest BCUT2D eigenvalue weighted by Crippen LogP contribution is 2.44. The lowest BCUT2D eigenvalue weighted by Gasteiger charge is -2.09. The van der Waals surface area contributed by atoms with Crippen molar-refractivity contribution in [1.29, 1.82) is 0 Å². The zero-order valence-electron chi connectivity index (χ0n) is 9.37. The van der Waals surface area contributed by atoms with E-state index in [4.69, 9.17) is 0 Å². The molecule has 0 radical (unpaired) electrons. The van der Waals surface area contributed by atoms with Crippen molar-refractivity contribution in [2.45, 2.75) is 19.7 Å². The van der Waals surface area contributed by atoms with Crippen LogP contribution in [0, 0.1) is 13.8 Å². The number of fused-ring (bicyclic) bond motifs is 1. The third-order valence-electron chi connectivity index (χ3n) is 2.52. The summed E-state index contributed by atoms with van der Waals surface area (Å²) < 4.78 is 24.0. The van der Waals surface area contributed by atoms with Gasteiger partial charge in [-0.2, -0.15) is 0 Å². The Morgan fingerprint density at radius 3 is 2.28 bits per heavy atom. The number of sulfone groups is 1. The maximum atomic E-state index is 12.2. The van der Waals surface area contributed by atoms with Crippen molar-refractivity contribution < 1.29 is 8.42 Å². The summed E-state index contributed by atoms with van der Waals surface area (Å²) in [6.45, 7) is 3.97. The van der Waals surface area contributed by atoms with E-state index in [2.05, 4.69) is 52.8 Å². The number of benzene rings is 1. The molecule has 0 aliphatic heterocycles. The Labute approximate surface area is 134 Å². The fourth-order valence-electron chi connectivity index (χ4n) is 1.37. The molecule has 0 amide bonds. The van der Waals surface area contributed by atoms with Gasteiger partial charge in [0.2, 0.25) is 15.7 Å². The summed E-state index contributed by atoms with van der Waals surface area (Å²) in [5, 5.41) is 0. The summed E-state index contributed by atoms with van der Waals surface area (Å²) in [7, 11) is -3.61. The van der Waals surface area contributed by atoms with E-state index < -0.39 is 11.3 Å². The molecule has 98 valence electrons. The highest BCUT2D eigenvalue weighted by Gasteiger charge is 2.39. The maximum absolute atomic E-state index is 12.2. The van der Waals surface area contributed by atoms with Crippen molar-refractivity contribution in [1.82, 2.24) is 4.98 Å². The number of nitrogens with zero attached hydrogens (tertiary/aromatic N) is 1. The van der Waals surface area contributed by atoms with Gasteiger partial charge in [-0.3, -0.25) is 0 Å². The second-order valence-electron chi connectivity index (χ2n) is 3.83. The lowest BCUT2D eigenvalue weighted by Crippen LogP contribution is -2.17. The monoisotopic (exact) mass is 475 g/mol. The molecule has 2 aromatic rings. The number of halogens is 3. The Kier molecular flexibility index (Phi) is 3.97. The van der Waals surface area contributed by atoms with Gasteiger partial charge in [-0.1, -0.05) is 0 Å². The molecule has 0 saturated heterocycles. The van der Waals surface area contributed by atoms with Crippen molar-refractivity contribution in [3.8, 4) is 0 Å². The minimum Gasteiger partial charge on any atom is -0.225 e. The van der Waals surface area contributed by atoms with Gasteiger partial charge in [0, 0.05) is 0 Å². The average molecular weight is 478 g/mol. The van der Waals surface area contributed by atoms with E-state index in [1.54, 1.807) is 0 Å². The number of alkyl halides is 3. The first-order valence-electron chi connectivity index (χ1n) is 4.82. The van der Waals surface area contributed by atoms with Gasteiger partial charge in [-0.25, -0.2) is 13.4 Å². The second kappa shape index (κ2) is 4.80. The quantitative estimate of drug-likeness (QED) is 0.569. The molecular formula is C10H8Br3NO2S2. The van der Waals surface area contributed by atoms with E-state index in [1.165, 1.54) is 0 Å². The van der Waals surface area contributed by atoms with Gasteiger partial charge in [0.1, 0.15) is 0 Å². The third kappa shape index (κ3) is 2.54. The Morgan fingerprint density at radius 2 is 1.72 bits per heavy atom. The molecule has 0 fully saturated rings. The minimum absolute atomic E-state index is 0.0770. The molecule has 18 heavy (non-hydrogen) atoms. The normalized spacial score (nSPS) is 13.2. The predicted octanol–water partition coefficient (Wildman–Crippen LogP) is 4.48. The zero-order valence-corrected chi connectivity index (χ0v) is 15.8. The minimum atomic E-state index is -3.61. The summed E-state index contributed by atoms with van der Waals surface area (Å²) in [6.07, 6.45) is 0. The molecule has 3 nitrogen and oxygen atoms in total. The van der Waals surface area contributed by atoms with Crippen LogP contribution in [0.3, 0.4) is 0 Å². The number of aryl methyl sites for hydroxylation is 2. The molecule has 0 spiro atoms. The summed E-state index contributed by atoms with van der Waals surface area (Å²) in [4.78, 5) is 4.19. The first-order chi connectivity index (χ1) is 8.13. The molecule has 1 aromatic heterocycles. The molecule has 0 bridgehead atoms. The Balaban J connectivity index is 2.69. The highest BCUT2D eigenvalue weighted by molar-refractivity contribution is 9.42. The molecule has 1 heterocycles. The number of aromatic nitrogens is 1. The predicted molar refractivity (Wildman–Crippen MR) is 85.8 cm³/mol. The molecule has 0 saturated carbocycles. The first-order valence-corrected chi connectivity index (χ1v) is 9.50. The SMILES string of the molecule is Cc1cc2nc(S(=O)(=O)C(Br)(Br)Br)sc2cc1C. The molecule has 0 atom stereocenters. The van der Waals surface area contributed by atoms with E-state index in [9.17, 15) is 8.42 Å². The molecule has 1 aromatic carbocycles. The standard InChI is InChI=1S/C10H8Br3NO2S2/c1-5-3-7-8(4-6(5)2)17-9(14-7)18(15,16)10(11,12)13/h3-4H,1-2H3. The van der Waals surface area contributed by atoms with E-state index in [0.717, 1.165) is 27.2 Å². The van der Waals surface area contributed by atoms with Gasteiger partial charge in [0.15, 0.2) is 0 Å². The lowest BCUT2D eigenvalue weighted by molar-refractivity contribution is 0.598. The number of thiazole rings is 1. The van der Waals surface area contributed by atoms with Gasteiger partial charge in [-0.05, 0) is 84.9 Å². The molecule has 0 aliphatic rings. The topological polar surface area (TPSA) is 47.0 Å². The number of hydrogen-bond acceptors (Lipinski definition) is 4. The first kappa shape index (κ1) is 14.9. The number of hydrogen-bond donors (Lipinski definition) is 0. The van der Waals surface area contributed by atoms with Crippen LogP contribution in [0.4, 0.5) is 0 Å². The fourth-order valence-corrected chi connectivity index (χ4v) is 5.99. The van der Waals surface area contributed by atoms with Crippen LogP contribution in [0.15, 0.2) is 16.5 Å². The van der Waals surface area contributed by atoms with Crippen molar-refractivity contribution in [2.75, 3.05) is 0 Å². The lowest BCUT2D eigenvalue weighted by atomic mass is 10.1. The van der Waals surface area contributed by atoms with E-state index >= 15 is 0 Å². The van der Waals surface area contributed by atoms with Crippen LogP contribution in [0.2, 0.25) is 0 Å². The van der Waals surface area contributed by atoms with Gasteiger partial charge < -0.3 is 0 Å². The summed E-state index contributed by atoms with van der Waals surface area (Å²) in [5.74, 6) is 0. The van der Waals surface area contributed by atoms with Crippen molar-refractivity contribution in [3.63, 3.8) is 0 Å². The summed E-state index contributed by atoms with van der Waals surface area (Å²) in [5.41, 5.74) is 2.93. The summed E-state index contributed by atoms with van der Waals surface area (Å²) >= 11 is 10.3. The summed E-state index contributed by atoms with van der Waals surface area (Å²) in [6, 6.07) is 3.86. The highest BCUT2D eigenvalue weighted by atomic mass is 80.0. The molecule has 2 rings (SSSR count). The van der Waals surface area contributed by atoms with Crippen molar-refractivity contribution in [2.24, 2.45) is 0 Å². The van der Waals surface area contributed by atoms with E-state index in [0.29, 0.717) is 5.52 Å². The molecule has 0 N–H and O–H groups in total. The zero-order chi connectivity index (χ0) is 13.7. The Hall–Kier alpha value is 0.500. The molecule has 0 aliphatic carbocycles. The van der Waals surface area contributed by atoms with Gasteiger partial charge >= 0.3 is 0 Å². The van der Waals surface area contributed by atoms with E-state index in [1.807, 2.05) is 26.0 Å². The Bertz CT molecular complexity index is 678. The average Bonchev–Trinajstić information content (AvgIpc) is 2.60. The van der Waals surface area contributed by atoms with Crippen LogP contribution in [0.5, 0.6) is 0 Å². The second-order valence-corrected chi connectivity index (χ2v) is 15.5. The van der Waals surface area contributed by atoms with Crippen LogP contribution in [-0.4, -0.2) is 14.9 Å². The van der Waals surface area contributed by atoms with Gasteiger partial charge in [0.05, 0.1) is 10.2 Å². The van der Waals surface area contributed by atoms with Gasteiger partial charge in [0.25, 0.3) is 0 Å². The fraction of sp³-hybridized carbons (Fsp3) is 0.300. The molecule has 0 unspecified atom stereocenters. The van der Waals surface area contributed by atoms with Gasteiger partial charge in [-0.15, -0.1) is 11.3 Å². The van der Waals surface area contributed by atoms with Crippen molar-refractivity contribution in [3.05, 3.63) is 23.3 Å². The van der Waals surface area contributed by atoms with Crippen molar-refractivity contribution >= 4 is 79.2 Å². The van der Waals surface area contributed by atoms with Crippen LogP contribution in [-0.2, 0) is 9.84 Å². The van der Waals surface area contributed by atoms with Crippen LogP contribution in [0.25, 0.3) is 10.2 Å². The van der Waals surface area contributed by atoms with Crippen LogP contribution < -0.4 is 0 Å². The third-order valence-corrected chi connectivity index (χ3v) is 9.24. The molecular weight excluding hydrogens is 470 g/mol. The van der Waals surface area contributed by atoms with Crippen LogP contribution in [0.1, 0.15) is 11.1 Å². The van der Waals surface area contributed by atoms with E-state index in [-0.39, 0.29) is 4.34 Å².